The van der Waals surface area contributed by atoms with Crippen LogP contribution in [0.5, 0.6) is 0 Å². The Hall–Kier alpha value is -3.65. The predicted molar refractivity (Wildman–Crippen MR) is 125 cm³/mol. The van der Waals surface area contributed by atoms with Gasteiger partial charge in [-0.15, -0.1) is 11.8 Å². The third-order valence-electron chi connectivity index (χ3n) is 5.09. The molecule has 1 heterocycles. The summed E-state index contributed by atoms with van der Waals surface area (Å²) >= 11 is 1.58. The molecule has 1 aromatic heterocycles. The van der Waals surface area contributed by atoms with Crippen molar-refractivity contribution >= 4 is 34.3 Å². The highest BCUT2D eigenvalue weighted by atomic mass is 32.2. The number of thioether (sulfide) groups is 1. The summed E-state index contributed by atoms with van der Waals surface area (Å²) in [5.74, 6) is -0.0556. The van der Waals surface area contributed by atoms with Crippen LogP contribution in [-0.2, 0) is 0 Å². The maximum Gasteiger partial charge on any atom is 0.273 e. The lowest BCUT2D eigenvalue weighted by molar-refractivity contribution is -0.385. The number of carbonyl (C=O) groups is 1. The summed E-state index contributed by atoms with van der Waals surface area (Å²) in [7, 11) is 0. The lowest BCUT2D eigenvalue weighted by Gasteiger charge is -2.08. The minimum absolute atomic E-state index is 0.0743. The van der Waals surface area contributed by atoms with Crippen LogP contribution in [0, 0.1) is 22.9 Å². The molecule has 6 nitrogen and oxygen atoms in total. The van der Waals surface area contributed by atoms with Gasteiger partial charge in [0, 0.05) is 45.3 Å². The lowest BCUT2D eigenvalue weighted by atomic mass is 10.1. The molecule has 3 aromatic carbocycles. The first-order valence-corrected chi connectivity index (χ1v) is 11.0. The number of aryl methyl sites for hydroxylation is 1. The van der Waals surface area contributed by atoms with Gasteiger partial charge in [-0.1, -0.05) is 24.3 Å². The topological polar surface area (TPSA) is 88.0 Å². The van der Waals surface area contributed by atoms with E-state index < -0.39 is 4.92 Å². The van der Waals surface area contributed by atoms with E-state index in [1.54, 1.807) is 43.0 Å². The highest BCUT2D eigenvalue weighted by Gasteiger charge is 2.16. The molecule has 162 valence electrons. The Labute approximate surface area is 188 Å². The third kappa shape index (κ3) is 4.50. The highest BCUT2D eigenvalue weighted by molar-refractivity contribution is 7.99. The van der Waals surface area contributed by atoms with Gasteiger partial charge in [-0.3, -0.25) is 14.9 Å². The first-order chi connectivity index (χ1) is 15.4. The van der Waals surface area contributed by atoms with Crippen molar-refractivity contribution in [2.45, 2.75) is 11.8 Å². The molecular weight excluding hydrogens is 429 g/mol. The Morgan fingerprint density at radius 3 is 2.62 bits per heavy atom. The molecule has 4 aromatic rings. The van der Waals surface area contributed by atoms with Crippen LogP contribution in [0.1, 0.15) is 15.9 Å². The summed E-state index contributed by atoms with van der Waals surface area (Å²) in [4.78, 5) is 27.5. The Bertz CT molecular complexity index is 1300. The number of aromatic amines is 1. The fourth-order valence-electron chi connectivity index (χ4n) is 3.45. The monoisotopic (exact) mass is 449 g/mol. The summed E-state index contributed by atoms with van der Waals surface area (Å²) in [5.41, 5.74) is 3.44. The summed E-state index contributed by atoms with van der Waals surface area (Å²) in [5, 5.41) is 15.0. The van der Waals surface area contributed by atoms with E-state index in [1.807, 2.05) is 24.3 Å². The summed E-state index contributed by atoms with van der Waals surface area (Å²) < 4.78 is 13.4. The molecule has 1 amide bonds. The van der Waals surface area contributed by atoms with Crippen molar-refractivity contribution in [2.24, 2.45) is 0 Å². The molecule has 0 unspecified atom stereocenters. The van der Waals surface area contributed by atoms with Gasteiger partial charge in [0.05, 0.1) is 10.6 Å². The number of nitro benzene ring substituents is 1. The van der Waals surface area contributed by atoms with Gasteiger partial charge in [0.15, 0.2) is 0 Å². The fraction of sp³-hybridized carbons (Fsp3) is 0.125. The summed E-state index contributed by atoms with van der Waals surface area (Å²) in [6.07, 6.45) is 0. The molecule has 0 spiro atoms. The second-order valence-electron chi connectivity index (χ2n) is 7.24. The number of rotatable bonds is 7. The van der Waals surface area contributed by atoms with Gasteiger partial charge >= 0.3 is 0 Å². The number of aromatic nitrogens is 1. The maximum atomic E-state index is 13.4. The zero-order valence-electron chi connectivity index (χ0n) is 17.2. The van der Waals surface area contributed by atoms with Gasteiger partial charge in [-0.2, -0.15) is 0 Å². The molecule has 0 aliphatic heterocycles. The van der Waals surface area contributed by atoms with E-state index in [9.17, 15) is 19.3 Å². The lowest BCUT2D eigenvalue weighted by Crippen LogP contribution is -2.25. The van der Waals surface area contributed by atoms with Gasteiger partial charge < -0.3 is 10.3 Å². The van der Waals surface area contributed by atoms with E-state index in [4.69, 9.17) is 0 Å². The molecule has 0 aliphatic carbocycles. The number of benzene rings is 3. The molecular formula is C24H20FN3O3S. The predicted octanol–water partition coefficient (Wildman–Crippen LogP) is 5.71. The van der Waals surface area contributed by atoms with E-state index in [1.165, 1.54) is 18.2 Å². The second kappa shape index (κ2) is 9.23. The largest absolute Gasteiger partial charge is 0.354 e. The van der Waals surface area contributed by atoms with Crippen LogP contribution < -0.4 is 5.32 Å². The smallest absolute Gasteiger partial charge is 0.273 e. The van der Waals surface area contributed by atoms with Crippen molar-refractivity contribution < 1.29 is 14.1 Å². The normalized spacial score (nSPS) is 10.9. The van der Waals surface area contributed by atoms with Crippen LogP contribution in [0.3, 0.4) is 0 Å². The van der Waals surface area contributed by atoms with E-state index in [2.05, 4.69) is 10.3 Å². The number of nitrogens with one attached hydrogen (secondary N) is 2. The van der Waals surface area contributed by atoms with Crippen LogP contribution >= 0.6 is 11.8 Å². The van der Waals surface area contributed by atoms with Gasteiger partial charge in [-0.05, 0) is 48.9 Å². The number of para-hydroxylation sites is 1. The molecule has 8 heteroatoms. The fourth-order valence-corrected chi connectivity index (χ4v) is 4.51. The molecule has 4 rings (SSSR count). The minimum atomic E-state index is -0.490. The number of carbonyl (C=O) groups excluding carboxylic acids is 1. The minimum Gasteiger partial charge on any atom is -0.354 e. The summed E-state index contributed by atoms with van der Waals surface area (Å²) in [6.45, 7) is 2.02. The molecule has 0 aliphatic rings. The Morgan fingerprint density at radius 1 is 1.12 bits per heavy atom. The van der Waals surface area contributed by atoms with Gasteiger partial charge in [0.2, 0.25) is 0 Å². The highest BCUT2D eigenvalue weighted by Crippen LogP contribution is 2.37. The summed E-state index contributed by atoms with van der Waals surface area (Å²) in [6, 6.07) is 18.7. The van der Waals surface area contributed by atoms with Crippen molar-refractivity contribution in [2.75, 3.05) is 12.3 Å². The molecule has 0 bridgehead atoms. The number of nitrogens with zero attached hydrogens (tertiary/aromatic N) is 1. The van der Waals surface area contributed by atoms with Crippen molar-refractivity contribution in [1.82, 2.24) is 10.3 Å². The standard InChI is InChI=1S/C24H20FN3O3S/c1-15-6-7-17(14-21(15)28(30)31)24(29)26-12-13-32-23-19-4-2-3-5-20(19)27-22(23)16-8-10-18(25)11-9-16/h2-11,14,27H,12-13H2,1H3,(H,26,29). The number of amides is 1. The van der Waals surface area contributed by atoms with E-state index in [0.717, 1.165) is 27.1 Å². The number of hydrogen-bond donors (Lipinski definition) is 2. The average molecular weight is 450 g/mol. The SMILES string of the molecule is Cc1ccc(C(=O)NCCSc2c(-c3ccc(F)cc3)[nH]c3ccccc23)cc1[N+](=O)[O-]. The van der Waals surface area contributed by atoms with Gasteiger partial charge in [0.1, 0.15) is 5.82 Å². The van der Waals surface area contributed by atoms with Crippen LogP contribution in [0.15, 0.2) is 71.6 Å². The van der Waals surface area contributed by atoms with Crippen LogP contribution in [0.4, 0.5) is 10.1 Å². The Kier molecular flexibility index (Phi) is 6.23. The average Bonchev–Trinajstić information content (AvgIpc) is 3.15. The third-order valence-corrected chi connectivity index (χ3v) is 6.21. The zero-order valence-corrected chi connectivity index (χ0v) is 18.0. The molecule has 0 saturated heterocycles. The van der Waals surface area contributed by atoms with Gasteiger partial charge in [0.25, 0.3) is 11.6 Å². The molecule has 0 fully saturated rings. The number of nitro groups is 1. The first-order valence-electron chi connectivity index (χ1n) is 9.96. The van der Waals surface area contributed by atoms with Crippen molar-refractivity contribution in [3.63, 3.8) is 0 Å². The van der Waals surface area contributed by atoms with E-state index in [0.29, 0.717) is 17.9 Å². The molecule has 0 saturated carbocycles. The van der Waals surface area contributed by atoms with Crippen molar-refractivity contribution in [3.05, 3.63) is 93.8 Å². The number of halogens is 1. The molecule has 2 N–H and O–H groups in total. The van der Waals surface area contributed by atoms with Crippen LogP contribution in [0.25, 0.3) is 22.2 Å². The number of H-pyrrole nitrogens is 1. The van der Waals surface area contributed by atoms with E-state index in [-0.39, 0.29) is 23.0 Å². The molecule has 32 heavy (non-hydrogen) atoms. The van der Waals surface area contributed by atoms with Crippen LogP contribution in [0.2, 0.25) is 0 Å². The number of fused-ring (bicyclic) bond motifs is 1. The molecule has 0 radical (unpaired) electrons. The first kappa shape index (κ1) is 21.6. The Balaban J connectivity index is 1.47. The quantitative estimate of drug-likeness (QED) is 0.164. The van der Waals surface area contributed by atoms with Gasteiger partial charge in [-0.25, -0.2) is 4.39 Å². The van der Waals surface area contributed by atoms with Crippen LogP contribution in [-0.4, -0.2) is 28.1 Å². The number of hydrogen-bond acceptors (Lipinski definition) is 4. The zero-order chi connectivity index (χ0) is 22.7. The van der Waals surface area contributed by atoms with Crippen molar-refractivity contribution in [1.29, 1.82) is 0 Å². The van der Waals surface area contributed by atoms with Crippen molar-refractivity contribution in [3.8, 4) is 11.3 Å². The Morgan fingerprint density at radius 2 is 1.88 bits per heavy atom. The van der Waals surface area contributed by atoms with E-state index >= 15 is 0 Å². The maximum absolute atomic E-state index is 13.4. The molecule has 0 atom stereocenters. The second-order valence-corrected chi connectivity index (χ2v) is 8.35.